The Bertz CT molecular complexity index is 1760. The van der Waals surface area contributed by atoms with Gasteiger partial charge in [-0.25, -0.2) is 0 Å². The minimum absolute atomic E-state index is 0.127. The maximum Gasteiger partial charge on any atom is 0.305 e. The van der Waals surface area contributed by atoms with Gasteiger partial charge in [-0.2, -0.15) is 0 Å². The highest BCUT2D eigenvalue weighted by Crippen LogP contribution is 2.47. The van der Waals surface area contributed by atoms with Crippen LogP contribution in [-0.2, 0) is 22.4 Å². The maximum atomic E-state index is 13.8. The standard InChI is InChI=1S/C30H31NO3.C9H8N2/c1-2-34-28(32)17-12-19-7-5-9-25-24(19)15-16-26-23-8-4-3-6-21(23)18-27(29(25)26)30(33)20-10-13-22(31)14-11-20;1-2-5-9-8(4-1)10-6-3-7-11-9/h3-4,6,8,10-11,13-16,19,27H,2,5,7,9,12,17-18,31H2,1H3;1-7,10H. The van der Waals surface area contributed by atoms with Gasteiger partial charge in [0.15, 0.2) is 5.78 Å². The third kappa shape index (κ3) is 6.60. The van der Waals surface area contributed by atoms with Crippen LogP contribution in [0.25, 0.3) is 11.1 Å². The lowest BCUT2D eigenvalue weighted by atomic mass is 9.69. The van der Waals surface area contributed by atoms with Crippen LogP contribution in [0.3, 0.4) is 0 Å². The zero-order valence-corrected chi connectivity index (χ0v) is 25.7. The van der Waals surface area contributed by atoms with E-state index in [0.29, 0.717) is 36.6 Å². The Morgan fingerprint density at radius 3 is 2.60 bits per heavy atom. The van der Waals surface area contributed by atoms with E-state index >= 15 is 0 Å². The molecule has 0 amide bonds. The molecule has 0 spiro atoms. The monoisotopic (exact) mass is 597 g/mol. The van der Waals surface area contributed by atoms with E-state index in [9.17, 15) is 9.59 Å². The molecule has 0 aromatic heterocycles. The molecule has 4 aromatic carbocycles. The Kier molecular flexibility index (Phi) is 9.20. The lowest BCUT2D eigenvalue weighted by molar-refractivity contribution is -0.143. The summed E-state index contributed by atoms with van der Waals surface area (Å²) >= 11 is 0. The minimum atomic E-state index is -0.215. The molecule has 0 saturated carbocycles. The van der Waals surface area contributed by atoms with Crippen molar-refractivity contribution in [3.05, 3.63) is 125 Å². The number of nitrogens with one attached hydrogen (secondary N) is 1. The summed E-state index contributed by atoms with van der Waals surface area (Å²) in [5, 5.41) is 3.12. The lowest BCUT2D eigenvalue weighted by Crippen LogP contribution is -2.24. The fourth-order valence-corrected chi connectivity index (χ4v) is 6.85. The van der Waals surface area contributed by atoms with E-state index in [1.54, 1.807) is 18.3 Å². The highest BCUT2D eigenvalue weighted by atomic mass is 16.5. The van der Waals surface area contributed by atoms with Crippen molar-refractivity contribution < 1.29 is 14.3 Å². The molecule has 0 bridgehead atoms. The molecule has 0 radical (unpaired) electrons. The van der Waals surface area contributed by atoms with Crippen LogP contribution in [0.5, 0.6) is 0 Å². The number of anilines is 2. The highest BCUT2D eigenvalue weighted by molar-refractivity contribution is 6.03. The number of hydrogen-bond acceptors (Lipinski definition) is 6. The van der Waals surface area contributed by atoms with Gasteiger partial charge in [0.25, 0.3) is 0 Å². The first-order valence-corrected chi connectivity index (χ1v) is 15.9. The van der Waals surface area contributed by atoms with Gasteiger partial charge in [-0.1, -0.05) is 48.5 Å². The van der Waals surface area contributed by atoms with Gasteiger partial charge in [0.1, 0.15) is 0 Å². The van der Waals surface area contributed by atoms with Crippen molar-refractivity contribution in [2.24, 2.45) is 4.99 Å². The number of ether oxygens (including phenoxy) is 1. The molecule has 0 fully saturated rings. The van der Waals surface area contributed by atoms with Crippen LogP contribution in [0.4, 0.5) is 17.1 Å². The number of fused-ring (bicyclic) bond motifs is 6. The van der Waals surface area contributed by atoms with Gasteiger partial charge in [-0.3, -0.25) is 14.6 Å². The van der Waals surface area contributed by atoms with Crippen LogP contribution in [0.1, 0.15) is 77.1 Å². The molecule has 2 unspecified atom stereocenters. The molecular formula is C39H39N3O3. The lowest BCUT2D eigenvalue weighted by Gasteiger charge is -2.34. The molecule has 2 aliphatic carbocycles. The number of nitrogen functional groups attached to an aromatic ring is 1. The number of carbonyl (C=O) groups excluding carboxylic acids is 2. The van der Waals surface area contributed by atoms with E-state index in [1.165, 1.54) is 33.4 Å². The Balaban J connectivity index is 0.000000272. The summed E-state index contributed by atoms with van der Waals surface area (Å²) in [6.07, 6.45) is 10.6. The molecule has 0 saturated heterocycles. The summed E-state index contributed by atoms with van der Waals surface area (Å²) in [5.41, 5.74) is 16.7. The fraction of sp³-hybridized carbons (Fsp3) is 0.256. The van der Waals surface area contributed by atoms with E-state index in [1.807, 2.05) is 55.6 Å². The third-order valence-corrected chi connectivity index (χ3v) is 8.95. The third-order valence-electron chi connectivity index (χ3n) is 8.95. The van der Waals surface area contributed by atoms with Crippen molar-refractivity contribution in [3.63, 3.8) is 0 Å². The number of benzene rings is 4. The van der Waals surface area contributed by atoms with Crippen molar-refractivity contribution in [3.8, 4) is 11.1 Å². The number of ketones is 1. The average molecular weight is 598 g/mol. The Morgan fingerprint density at radius 2 is 1.76 bits per heavy atom. The zero-order chi connectivity index (χ0) is 31.2. The van der Waals surface area contributed by atoms with Crippen molar-refractivity contribution in [2.45, 2.75) is 57.3 Å². The molecule has 6 heteroatoms. The maximum absolute atomic E-state index is 13.8. The van der Waals surface area contributed by atoms with Crippen LogP contribution in [0.15, 0.2) is 102 Å². The van der Waals surface area contributed by atoms with E-state index in [4.69, 9.17) is 10.5 Å². The average Bonchev–Trinajstić information content (AvgIpc) is 3.33. The topological polar surface area (TPSA) is 93.8 Å². The SMILES string of the molecule is C1=CNc2ccccc2N=C1.CCOC(=O)CCC1CCCc2c1ccc1c2C(C(=O)c2ccc(N)cc2)Cc2ccccc2-1. The van der Waals surface area contributed by atoms with Crippen LogP contribution in [0, 0.1) is 0 Å². The molecule has 3 N–H and O–H groups in total. The first-order chi connectivity index (χ1) is 22.0. The fourth-order valence-electron chi connectivity index (χ4n) is 6.85. The van der Waals surface area contributed by atoms with Gasteiger partial charge in [0.05, 0.1) is 23.9 Å². The minimum Gasteiger partial charge on any atom is -0.466 e. The van der Waals surface area contributed by atoms with E-state index in [0.717, 1.165) is 37.1 Å². The highest BCUT2D eigenvalue weighted by Gasteiger charge is 2.35. The molecular weight excluding hydrogens is 558 g/mol. The van der Waals surface area contributed by atoms with Gasteiger partial charge in [0, 0.05) is 30.1 Å². The first-order valence-electron chi connectivity index (χ1n) is 15.9. The number of Topliss-reactive ketones (excluding diaryl/α,β-unsaturated/α-hetero) is 1. The number of rotatable bonds is 6. The van der Waals surface area contributed by atoms with E-state index < -0.39 is 0 Å². The Hall–Kier alpha value is -4.97. The van der Waals surface area contributed by atoms with Crippen LogP contribution < -0.4 is 11.1 Å². The van der Waals surface area contributed by atoms with Crippen LogP contribution >= 0.6 is 0 Å². The summed E-state index contributed by atoms with van der Waals surface area (Å²) in [7, 11) is 0. The summed E-state index contributed by atoms with van der Waals surface area (Å²) in [6, 6.07) is 28.1. The van der Waals surface area contributed by atoms with Gasteiger partial charge < -0.3 is 15.8 Å². The first kappa shape index (κ1) is 30.1. The molecule has 2 atom stereocenters. The number of para-hydroxylation sites is 2. The van der Waals surface area contributed by atoms with Gasteiger partial charge in [-0.15, -0.1) is 0 Å². The predicted octanol–water partition coefficient (Wildman–Crippen LogP) is 8.55. The van der Waals surface area contributed by atoms with E-state index in [2.05, 4.69) is 46.7 Å². The summed E-state index contributed by atoms with van der Waals surface area (Å²) in [6.45, 7) is 2.26. The summed E-state index contributed by atoms with van der Waals surface area (Å²) in [4.78, 5) is 30.1. The second-order valence-electron chi connectivity index (χ2n) is 11.7. The van der Waals surface area contributed by atoms with Crippen LogP contribution in [0.2, 0.25) is 0 Å². The molecule has 7 rings (SSSR count). The summed E-state index contributed by atoms with van der Waals surface area (Å²) in [5.74, 6) is 0.130. The molecule has 3 aliphatic rings. The van der Waals surface area contributed by atoms with Gasteiger partial charge >= 0.3 is 5.97 Å². The van der Waals surface area contributed by atoms with Crippen molar-refractivity contribution in [2.75, 3.05) is 17.7 Å². The zero-order valence-electron chi connectivity index (χ0n) is 25.7. The number of allylic oxidation sites excluding steroid dienone is 1. The second-order valence-corrected chi connectivity index (χ2v) is 11.7. The van der Waals surface area contributed by atoms with Crippen molar-refractivity contribution in [1.29, 1.82) is 0 Å². The quantitative estimate of drug-likeness (QED) is 0.132. The number of carbonyl (C=O) groups is 2. The van der Waals surface area contributed by atoms with E-state index in [-0.39, 0.29) is 17.7 Å². The van der Waals surface area contributed by atoms with Crippen molar-refractivity contribution in [1.82, 2.24) is 0 Å². The number of aliphatic imine (C=N–C) groups is 1. The molecule has 6 nitrogen and oxygen atoms in total. The number of hydrogen-bond donors (Lipinski definition) is 2. The molecule has 45 heavy (non-hydrogen) atoms. The Labute approximate surface area is 265 Å². The molecule has 4 aromatic rings. The smallest absolute Gasteiger partial charge is 0.305 e. The Morgan fingerprint density at radius 1 is 0.956 bits per heavy atom. The second kappa shape index (κ2) is 13.8. The molecule has 228 valence electrons. The summed E-state index contributed by atoms with van der Waals surface area (Å²) < 4.78 is 5.16. The molecule has 1 heterocycles. The number of nitrogens with zero attached hydrogens (tertiary/aromatic N) is 1. The van der Waals surface area contributed by atoms with Crippen molar-refractivity contribution >= 4 is 35.0 Å². The normalized spacial score (nSPS) is 17.2. The number of nitrogens with two attached hydrogens (primary N) is 1. The van der Waals surface area contributed by atoms with Gasteiger partial charge in [0.2, 0.25) is 0 Å². The predicted molar refractivity (Wildman–Crippen MR) is 182 cm³/mol. The largest absolute Gasteiger partial charge is 0.466 e. The van der Waals surface area contributed by atoms with Crippen LogP contribution in [-0.4, -0.2) is 24.6 Å². The molecule has 1 aliphatic heterocycles. The number of esters is 1. The van der Waals surface area contributed by atoms with Gasteiger partial charge in [-0.05, 0) is 121 Å².